The highest BCUT2D eigenvalue weighted by atomic mass is 19.4. The number of carbonyl (C=O) groups is 1. The van der Waals surface area contributed by atoms with E-state index in [4.69, 9.17) is 0 Å². The molecule has 0 N–H and O–H groups in total. The molecular formula is C19H20F16O2. The Morgan fingerprint density at radius 1 is 0.703 bits per heavy atom. The van der Waals surface area contributed by atoms with Crippen LogP contribution < -0.4 is 0 Å². The highest BCUT2D eigenvalue weighted by Crippen LogP contribution is 2.62. The van der Waals surface area contributed by atoms with Gasteiger partial charge in [0.25, 0.3) is 0 Å². The maximum absolute atomic E-state index is 13.8. The van der Waals surface area contributed by atoms with Crippen LogP contribution in [0, 0.1) is 11.8 Å². The minimum absolute atomic E-state index is 0.0145. The summed E-state index contributed by atoms with van der Waals surface area (Å²) in [4.78, 5) is 11.8. The zero-order chi connectivity index (χ0) is 29.5. The molecule has 0 spiro atoms. The van der Waals surface area contributed by atoms with Crippen LogP contribution >= 0.6 is 0 Å². The zero-order valence-corrected chi connectivity index (χ0v) is 18.5. The molecular weight excluding hydrogens is 564 g/mol. The SMILES string of the molecule is CCC[C@H]1CC[C@H](C(=O)OCC(F)(F)C(F)(F)C(F)(F)C(F)(F)C(F)(F)C(F)(F)C(F)(F)C(F)F)CC1. The fourth-order valence-corrected chi connectivity index (χ4v) is 3.63. The van der Waals surface area contributed by atoms with Gasteiger partial charge in [-0.25, -0.2) is 8.78 Å². The molecule has 1 rings (SSSR count). The van der Waals surface area contributed by atoms with Gasteiger partial charge in [-0.3, -0.25) is 4.79 Å². The number of alkyl halides is 16. The van der Waals surface area contributed by atoms with Gasteiger partial charge in [-0.05, 0) is 31.6 Å². The Kier molecular flexibility index (Phi) is 9.46. The molecule has 18 heteroatoms. The van der Waals surface area contributed by atoms with Crippen molar-refractivity contribution in [2.75, 3.05) is 6.61 Å². The number of esters is 1. The van der Waals surface area contributed by atoms with Gasteiger partial charge in [0.15, 0.2) is 6.61 Å². The second-order valence-corrected chi connectivity index (χ2v) is 8.61. The summed E-state index contributed by atoms with van der Waals surface area (Å²) in [6.45, 7) is -1.28. The summed E-state index contributed by atoms with van der Waals surface area (Å²) in [5.41, 5.74) is 0. The number of hydrogen-bond donors (Lipinski definition) is 0. The van der Waals surface area contributed by atoms with Gasteiger partial charge in [-0.1, -0.05) is 19.8 Å². The van der Waals surface area contributed by atoms with Gasteiger partial charge in [0.2, 0.25) is 0 Å². The van der Waals surface area contributed by atoms with Gasteiger partial charge in [0.1, 0.15) is 0 Å². The molecule has 37 heavy (non-hydrogen) atoms. The van der Waals surface area contributed by atoms with Crippen molar-refractivity contribution < 1.29 is 79.8 Å². The maximum atomic E-state index is 13.8. The summed E-state index contributed by atoms with van der Waals surface area (Å²) in [6, 6.07) is 0. The van der Waals surface area contributed by atoms with Gasteiger partial charge in [-0.15, -0.1) is 0 Å². The van der Waals surface area contributed by atoms with Crippen LogP contribution in [0.25, 0.3) is 0 Å². The lowest BCUT2D eigenvalue weighted by molar-refractivity contribution is -0.447. The molecule has 0 amide bonds. The molecule has 0 atom stereocenters. The van der Waals surface area contributed by atoms with Gasteiger partial charge < -0.3 is 4.74 Å². The molecule has 0 aromatic rings. The van der Waals surface area contributed by atoms with Gasteiger partial charge in [-0.2, -0.15) is 61.5 Å². The second-order valence-electron chi connectivity index (χ2n) is 8.61. The molecule has 1 saturated carbocycles. The van der Waals surface area contributed by atoms with Crippen LogP contribution in [0.5, 0.6) is 0 Å². The minimum atomic E-state index is -8.46. The van der Waals surface area contributed by atoms with Crippen molar-refractivity contribution >= 4 is 5.97 Å². The van der Waals surface area contributed by atoms with Gasteiger partial charge in [0, 0.05) is 0 Å². The molecule has 1 aliphatic carbocycles. The molecule has 0 aliphatic heterocycles. The average Bonchev–Trinajstić information content (AvgIpc) is 2.77. The van der Waals surface area contributed by atoms with E-state index in [1.54, 1.807) is 0 Å². The fourth-order valence-electron chi connectivity index (χ4n) is 3.63. The maximum Gasteiger partial charge on any atom is 0.385 e. The summed E-state index contributed by atoms with van der Waals surface area (Å²) in [5, 5.41) is 0. The highest BCUT2D eigenvalue weighted by Gasteiger charge is 2.93. The van der Waals surface area contributed by atoms with Crippen LogP contribution in [0.4, 0.5) is 70.2 Å². The number of halogens is 16. The second kappa shape index (κ2) is 10.5. The lowest BCUT2D eigenvalue weighted by Crippen LogP contribution is -2.74. The Morgan fingerprint density at radius 2 is 1.11 bits per heavy atom. The van der Waals surface area contributed by atoms with E-state index >= 15 is 0 Å². The Bertz CT molecular complexity index is 787. The summed E-state index contributed by atoms with van der Waals surface area (Å²) >= 11 is 0. The smallest absolute Gasteiger partial charge is 0.385 e. The molecule has 0 aromatic heterocycles. The van der Waals surface area contributed by atoms with Crippen LogP contribution in [0.3, 0.4) is 0 Å². The third-order valence-electron chi connectivity index (χ3n) is 6.00. The Balaban J connectivity index is 3.18. The molecule has 0 bridgehead atoms. The van der Waals surface area contributed by atoms with Crippen molar-refractivity contribution in [3.8, 4) is 0 Å². The first-order valence-corrected chi connectivity index (χ1v) is 10.5. The third kappa shape index (κ3) is 5.43. The van der Waals surface area contributed by atoms with E-state index in [2.05, 4.69) is 4.74 Å². The predicted molar refractivity (Wildman–Crippen MR) is 91.9 cm³/mol. The molecule has 2 nitrogen and oxygen atoms in total. The first-order chi connectivity index (χ1) is 16.4. The highest BCUT2D eigenvalue weighted by molar-refractivity contribution is 5.72. The van der Waals surface area contributed by atoms with Crippen LogP contribution in [0.15, 0.2) is 0 Å². The van der Waals surface area contributed by atoms with E-state index in [0.29, 0.717) is 12.8 Å². The number of rotatable bonds is 12. The largest absolute Gasteiger partial charge is 0.459 e. The molecule has 0 heterocycles. The number of ether oxygens (including phenoxy) is 1. The van der Waals surface area contributed by atoms with E-state index in [0.717, 1.165) is 12.8 Å². The van der Waals surface area contributed by atoms with E-state index < -0.39 is 66.4 Å². The molecule has 1 aliphatic rings. The average molecular weight is 584 g/mol. The van der Waals surface area contributed by atoms with Crippen molar-refractivity contribution in [3.05, 3.63) is 0 Å². The van der Waals surface area contributed by atoms with Crippen molar-refractivity contribution in [1.29, 1.82) is 0 Å². The van der Waals surface area contributed by atoms with E-state index in [1.807, 2.05) is 6.92 Å². The Morgan fingerprint density at radius 3 is 1.51 bits per heavy atom. The van der Waals surface area contributed by atoms with E-state index in [-0.39, 0.29) is 18.8 Å². The fraction of sp³-hybridized carbons (Fsp3) is 0.947. The van der Waals surface area contributed by atoms with Crippen molar-refractivity contribution in [2.24, 2.45) is 11.8 Å². The molecule has 0 saturated heterocycles. The normalized spacial score (nSPS) is 21.4. The summed E-state index contributed by atoms with van der Waals surface area (Å²) in [6.07, 6.45) is -3.73. The summed E-state index contributed by atoms with van der Waals surface area (Å²) in [5.74, 6) is -57.9. The first-order valence-electron chi connectivity index (χ1n) is 10.5. The van der Waals surface area contributed by atoms with E-state index in [1.165, 1.54) is 0 Å². The third-order valence-corrected chi connectivity index (χ3v) is 6.00. The summed E-state index contributed by atoms with van der Waals surface area (Å²) < 4.78 is 216. The molecule has 220 valence electrons. The molecule has 1 fully saturated rings. The minimum Gasteiger partial charge on any atom is -0.459 e. The summed E-state index contributed by atoms with van der Waals surface area (Å²) in [7, 11) is 0. The van der Waals surface area contributed by atoms with Gasteiger partial charge >= 0.3 is 53.9 Å². The quantitative estimate of drug-likeness (QED) is 0.173. The van der Waals surface area contributed by atoms with Crippen molar-refractivity contribution in [2.45, 2.75) is 93.3 Å². The first kappa shape index (κ1) is 33.4. The van der Waals surface area contributed by atoms with Crippen LogP contribution in [0.2, 0.25) is 0 Å². The standard InChI is InChI=1S/C19H20F16O2/c1-2-3-9-4-6-10(7-5-9)11(36)37-8-13(22,23)15(26,27)17(30,31)19(34,35)18(32,33)16(28,29)14(24,25)12(20)21/h9-10,12H,2-8H2,1H3/t9-,10-. The molecule has 0 unspecified atom stereocenters. The molecule has 0 radical (unpaired) electrons. The van der Waals surface area contributed by atoms with E-state index in [9.17, 15) is 75.0 Å². The Hall–Kier alpha value is -1.65. The zero-order valence-electron chi connectivity index (χ0n) is 18.5. The predicted octanol–water partition coefficient (Wildman–Crippen LogP) is 7.85. The number of carbonyl (C=O) groups excluding carboxylic acids is 1. The lowest BCUT2D eigenvalue weighted by Gasteiger charge is -2.42. The van der Waals surface area contributed by atoms with Crippen LogP contribution in [-0.4, -0.2) is 60.5 Å². The number of hydrogen-bond acceptors (Lipinski definition) is 2. The Labute approximate surface area is 198 Å². The van der Waals surface area contributed by atoms with Crippen molar-refractivity contribution in [3.63, 3.8) is 0 Å². The topological polar surface area (TPSA) is 26.3 Å². The lowest BCUT2D eigenvalue weighted by atomic mass is 9.80. The monoisotopic (exact) mass is 584 g/mol. The molecule has 0 aromatic carbocycles. The van der Waals surface area contributed by atoms with Crippen molar-refractivity contribution in [1.82, 2.24) is 0 Å². The van der Waals surface area contributed by atoms with Crippen LogP contribution in [0.1, 0.15) is 45.4 Å². The van der Waals surface area contributed by atoms with Crippen LogP contribution in [-0.2, 0) is 9.53 Å². The van der Waals surface area contributed by atoms with Gasteiger partial charge in [0.05, 0.1) is 5.92 Å².